The Labute approximate surface area is 120 Å². The molecule has 2 amide bonds. The zero-order chi connectivity index (χ0) is 14.9. The van der Waals surface area contributed by atoms with Crippen LogP contribution < -0.4 is 5.32 Å². The van der Waals surface area contributed by atoms with E-state index >= 15 is 0 Å². The first-order chi connectivity index (χ1) is 9.42. The van der Waals surface area contributed by atoms with Gasteiger partial charge in [0.25, 0.3) is 5.91 Å². The highest BCUT2D eigenvalue weighted by atomic mass is 16.2. The van der Waals surface area contributed by atoms with Gasteiger partial charge in [-0.1, -0.05) is 50.6 Å². The van der Waals surface area contributed by atoms with Gasteiger partial charge in [-0.3, -0.25) is 9.59 Å². The SMILES string of the molecule is CCC(C)C1NC(=O)C(C)(c2ccccc2)N(C)C1=O. The highest BCUT2D eigenvalue weighted by Crippen LogP contribution is 2.32. The molecule has 2 rings (SSSR count). The van der Waals surface area contributed by atoms with Crippen molar-refractivity contribution in [3.63, 3.8) is 0 Å². The maximum absolute atomic E-state index is 12.6. The molecule has 1 aromatic rings. The summed E-state index contributed by atoms with van der Waals surface area (Å²) in [5, 5.41) is 2.91. The van der Waals surface area contributed by atoms with Crippen molar-refractivity contribution in [3.05, 3.63) is 35.9 Å². The van der Waals surface area contributed by atoms with Crippen LogP contribution in [0.1, 0.15) is 32.8 Å². The maximum Gasteiger partial charge on any atom is 0.250 e. The van der Waals surface area contributed by atoms with E-state index in [0.717, 1.165) is 12.0 Å². The Morgan fingerprint density at radius 3 is 2.45 bits per heavy atom. The lowest BCUT2D eigenvalue weighted by Gasteiger charge is -2.45. The van der Waals surface area contributed by atoms with Crippen molar-refractivity contribution in [3.8, 4) is 0 Å². The van der Waals surface area contributed by atoms with Gasteiger partial charge in [-0.05, 0) is 18.4 Å². The molecule has 1 N–H and O–H groups in total. The largest absolute Gasteiger partial charge is 0.342 e. The molecule has 1 heterocycles. The summed E-state index contributed by atoms with van der Waals surface area (Å²) in [4.78, 5) is 26.8. The molecular weight excluding hydrogens is 252 g/mol. The number of amides is 2. The number of carbonyl (C=O) groups excluding carboxylic acids is 2. The summed E-state index contributed by atoms with van der Waals surface area (Å²) < 4.78 is 0. The van der Waals surface area contributed by atoms with Crippen LogP contribution in [0.5, 0.6) is 0 Å². The van der Waals surface area contributed by atoms with Gasteiger partial charge in [0.05, 0.1) is 0 Å². The Kier molecular flexibility index (Phi) is 3.84. The van der Waals surface area contributed by atoms with Crippen LogP contribution >= 0.6 is 0 Å². The third kappa shape index (κ3) is 2.09. The van der Waals surface area contributed by atoms with Crippen molar-refractivity contribution in [1.29, 1.82) is 0 Å². The molecule has 3 unspecified atom stereocenters. The third-order valence-corrected chi connectivity index (χ3v) is 4.55. The topological polar surface area (TPSA) is 49.4 Å². The highest BCUT2D eigenvalue weighted by Gasteiger charge is 2.49. The van der Waals surface area contributed by atoms with Crippen LogP contribution in [-0.2, 0) is 15.1 Å². The second kappa shape index (κ2) is 5.27. The Morgan fingerprint density at radius 1 is 1.30 bits per heavy atom. The van der Waals surface area contributed by atoms with E-state index in [4.69, 9.17) is 0 Å². The molecule has 0 bridgehead atoms. The molecule has 0 radical (unpaired) electrons. The number of nitrogens with zero attached hydrogens (tertiary/aromatic N) is 1. The number of rotatable bonds is 3. The van der Waals surface area contributed by atoms with Gasteiger partial charge in [-0.15, -0.1) is 0 Å². The average Bonchev–Trinajstić information content (AvgIpc) is 2.48. The zero-order valence-electron chi connectivity index (χ0n) is 12.5. The molecule has 0 spiro atoms. The van der Waals surface area contributed by atoms with Gasteiger partial charge in [-0.2, -0.15) is 0 Å². The molecular formula is C16H22N2O2. The summed E-state index contributed by atoms with van der Waals surface area (Å²) in [5.74, 6) is -0.00405. The fraction of sp³-hybridized carbons (Fsp3) is 0.500. The van der Waals surface area contributed by atoms with E-state index in [2.05, 4.69) is 5.32 Å². The van der Waals surface area contributed by atoms with Crippen molar-refractivity contribution in [2.45, 2.75) is 38.8 Å². The van der Waals surface area contributed by atoms with Crippen LogP contribution in [0.2, 0.25) is 0 Å². The fourth-order valence-electron chi connectivity index (χ4n) is 2.63. The normalized spacial score (nSPS) is 28.2. The van der Waals surface area contributed by atoms with Gasteiger partial charge < -0.3 is 10.2 Å². The standard InChI is InChI=1S/C16H22N2O2/c1-5-11(2)13-14(19)18(4)16(3,15(20)17-13)12-9-7-6-8-10-12/h6-11,13H,5H2,1-4H3,(H,17,20). The van der Waals surface area contributed by atoms with E-state index in [1.54, 1.807) is 18.9 Å². The summed E-state index contributed by atoms with van der Waals surface area (Å²) >= 11 is 0. The number of benzene rings is 1. The van der Waals surface area contributed by atoms with Crippen LogP contribution in [0.3, 0.4) is 0 Å². The summed E-state index contributed by atoms with van der Waals surface area (Å²) in [6.45, 7) is 5.80. The third-order valence-electron chi connectivity index (χ3n) is 4.55. The highest BCUT2D eigenvalue weighted by molar-refractivity contribution is 6.00. The van der Waals surface area contributed by atoms with Crippen molar-refractivity contribution < 1.29 is 9.59 Å². The van der Waals surface area contributed by atoms with Crippen molar-refractivity contribution >= 4 is 11.8 Å². The minimum absolute atomic E-state index is 0.0229. The Balaban J connectivity index is 2.39. The van der Waals surface area contributed by atoms with E-state index in [-0.39, 0.29) is 17.7 Å². The van der Waals surface area contributed by atoms with Crippen LogP contribution in [0.25, 0.3) is 0 Å². The van der Waals surface area contributed by atoms with Crippen LogP contribution in [0, 0.1) is 5.92 Å². The molecule has 3 atom stereocenters. The maximum atomic E-state index is 12.6. The van der Waals surface area contributed by atoms with E-state index in [0.29, 0.717) is 0 Å². The lowest BCUT2D eigenvalue weighted by Crippen LogP contribution is -2.67. The van der Waals surface area contributed by atoms with Crippen molar-refractivity contribution in [2.24, 2.45) is 5.92 Å². The predicted molar refractivity (Wildman–Crippen MR) is 77.9 cm³/mol. The Hall–Kier alpha value is -1.84. The monoisotopic (exact) mass is 274 g/mol. The summed E-state index contributed by atoms with van der Waals surface area (Å²) in [7, 11) is 1.71. The Morgan fingerprint density at radius 2 is 1.90 bits per heavy atom. The molecule has 0 aliphatic carbocycles. The summed E-state index contributed by atoms with van der Waals surface area (Å²) in [6.07, 6.45) is 0.854. The van der Waals surface area contributed by atoms with E-state index < -0.39 is 11.6 Å². The van der Waals surface area contributed by atoms with Crippen molar-refractivity contribution in [2.75, 3.05) is 7.05 Å². The zero-order valence-corrected chi connectivity index (χ0v) is 12.5. The molecule has 0 saturated carbocycles. The first-order valence-electron chi connectivity index (χ1n) is 7.07. The van der Waals surface area contributed by atoms with E-state index in [1.165, 1.54) is 0 Å². The van der Waals surface area contributed by atoms with Crippen LogP contribution in [0.15, 0.2) is 30.3 Å². The average molecular weight is 274 g/mol. The number of carbonyl (C=O) groups is 2. The van der Waals surface area contributed by atoms with Gasteiger partial charge in [-0.25, -0.2) is 0 Å². The van der Waals surface area contributed by atoms with E-state index in [9.17, 15) is 9.59 Å². The number of likely N-dealkylation sites (N-methyl/N-ethyl adjacent to an activating group) is 1. The predicted octanol–water partition coefficient (Wildman–Crippen LogP) is 1.90. The van der Waals surface area contributed by atoms with Gasteiger partial charge in [0.2, 0.25) is 5.91 Å². The molecule has 20 heavy (non-hydrogen) atoms. The quantitative estimate of drug-likeness (QED) is 0.915. The minimum atomic E-state index is -0.942. The fourth-order valence-corrected chi connectivity index (χ4v) is 2.63. The van der Waals surface area contributed by atoms with Gasteiger partial charge in [0.15, 0.2) is 0 Å². The van der Waals surface area contributed by atoms with Crippen LogP contribution in [-0.4, -0.2) is 29.8 Å². The first-order valence-corrected chi connectivity index (χ1v) is 7.07. The van der Waals surface area contributed by atoms with Gasteiger partial charge in [0.1, 0.15) is 11.6 Å². The van der Waals surface area contributed by atoms with Crippen molar-refractivity contribution in [1.82, 2.24) is 10.2 Å². The summed E-state index contributed by atoms with van der Waals surface area (Å²) in [6, 6.07) is 9.01. The molecule has 108 valence electrons. The summed E-state index contributed by atoms with van der Waals surface area (Å²) in [5.41, 5.74) is -0.113. The molecule has 4 nitrogen and oxygen atoms in total. The van der Waals surface area contributed by atoms with Gasteiger partial charge in [0, 0.05) is 7.05 Å². The lowest BCUT2D eigenvalue weighted by atomic mass is 9.84. The number of nitrogens with one attached hydrogen (secondary N) is 1. The second-order valence-electron chi connectivity index (χ2n) is 5.67. The molecule has 4 heteroatoms. The molecule has 1 saturated heterocycles. The minimum Gasteiger partial charge on any atom is -0.342 e. The second-order valence-corrected chi connectivity index (χ2v) is 5.67. The van der Waals surface area contributed by atoms with Gasteiger partial charge >= 0.3 is 0 Å². The molecule has 1 aliphatic rings. The Bertz CT molecular complexity index is 514. The molecule has 1 fully saturated rings. The van der Waals surface area contributed by atoms with Crippen LogP contribution in [0.4, 0.5) is 0 Å². The number of piperazine rings is 1. The number of hydrogen-bond donors (Lipinski definition) is 1. The molecule has 1 aliphatic heterocycles. The smallest absolute Gasteiger partial charge is 0.250 e. The van der Waals surface area contributed by atoms with E-state index in [1.807, 2.05) is 44.2 Å². The molecule has 0 aromatic heterocycles. The number of hydrogen-bond acceptors (Lipinski definition) is 2. The first kappa shape index (κ1) is 14.6. The lowest BCUT2D eigenvalue weighted by molar-refractivity contribution is -0.156. The molecule has 1 aromatic carbocycles.